The minimum atomic E-state index is -0.753. The van der Waals surface area contributed by atoms with Crippen LogP contribution in [-0.4, -0.2) is 28.8 Å². The van der Waals surface area contributed by atoms with E-state index in [2.05, 4.69) is 23.8 Å². The van der Waals surface area contributed by atoms with Gasteiger partial charge in [0, 0.05) is 28.7 Å². The Bertz CT molecular complexity index is 313. The van der Waals surface area contributed by atoms with Crippen LogP contribution in [0.3, 0.4) is 0 Å². The Morgan fingerprint density at radius 2 is 1.59 bits per heavy atom. The fourth-order valence-corrected chi connectivity index (χ4v) is 3.34. The Morgan fingerprint density at radius 3 is 2.32 bits per heavy atom. The Labute approximate surface area is 139 Å². The van der Waals surface area contributed by atoms with E-state index in [1.165, 1.54) is 45.6 Å². The van der Waals surface area contributed by atoms with E-state index in [1.807, 2.05) is 0 Å². The Balaban J connectivity index is 3.33. The molecule has 0 heterocycles. The van der Waals surface area contributed by atoms with Crippen LogP contribution >= 0.6 is 0 Å². The molecule has 0 N–H and O–H groups in total. The maximum Gasteiger partial charge on any atom is 0.305 e. The molecular formula is C18H34O3S. The molecule has 1 unspecified atom stereocenters. The zero-order chi connectivity index (χ0) is 16.5. The molecule has 0 bridgehead atoms. The number of hydrogen-bond donors (Lipinski definition) is 0. The van der Waals surface area contributed by atoms with Gasteiger partial charge in [-0.05, 0) is 32.1 Å². The molecule has 0 aliphatic rings. The van der Waals surface area contributed by atoms with Crippen molar-refractivity contribution in [2.45, 2.75) is 77.6 Å². The van der Waals surface area contributed by atoms with Gasteiger partial charge < -0.3 is 4.74 Å². The number of allylic oxidation sites excluding steroid dienone is 2. The van der Waals surface area contributed by atoms with Crippen molar-refractivity contribution in [3.63, 3.8) is 0 Å². The molecule has 0 rings (SSSR count). The summed E-state index contributed by atoms with van der Waals surface area (Å²) in [6.45, 7) is 2.24. The molecule has 0 aromatic heterocycles. The van der Waals surface area contributed by atoms with Gasteiger partial charge in [0.1, 0.15) is 0 Å². The third-order valence-corrected chi connectivity index (χ3v) is 5.07. The van der Waals surface area contributed by atoms with Gasteiger partial charge in [0.05, 0.1) is 7.11 Å². The number of rotatable bonds is 15. The van der Waals surface area contributed by atoms with Crippen molar-refractivity contribution in [1.29, 1.82) is 0 Å². The lowest BCUT2D eigenvalue weighted by atomic mass is 10.1. The van der Waals surface area contributed by atoms with Crippen LogP contribution in [0.15, 0.2) is 12.2 Å². The Kier molecular flexibility index (Phi) is 16.2. The predicted molar refractivity (Wildman–Crippen MR) is 95.5 cm³/mol. The molecule has 0 aromatic rings. The number of ether oxygens (including phenoxy) is 1. The molecule has 0 spiro atoms. The number of unbranched alkanes of at least 4 members (excludes halogenated alkanes) is 7. The van der Waals surface area contributed by atoms with E-state index in [-0.39, 0.29) is 5.97 Å². The number of carbonyl (C=O) groups is 1. The van der Waals surface area contributed by atoms with Gasteiger partial charge in [-0.3, -0.25) is 9.00 Å². The summed E-state index contributed by atoms with van der Waals surface area (Å²) < 4.78 is 16.3. The maximum atomic E-state index is 11.8. The smallest absolute Gasteiger partial charge is 0.305 e. The SMILES string of the molecule is CCCCCCCC/C=C\CCS(=O)CCCCC(=O)OC. The van der Waals surface area contributed by atoms with Crippen molar-refractivity contribution in [2.75, 3.05) is 18.6 Å². The van der Waals surface area contributed by atoms with Crippen molar-refractivity contribution in [3.05, 3.63) is 12.2 Å². The first-order chi connectivity index (χ1) is 10.7. The minimum absolute atomic E-state index is 0.177. The third kappa shape index (κ3) is 15.7. The van der Waals surface area contributed by atoms with Crippen molar-refractivity contribution in [1.82, 2.24) is 0 Å². The predicted octanol–water partition coefficient (Wildman–Crippen LogP) is 4.78. The van der Waals surface area contributed by atoms with E-state index in [1.54, 1.807) is 0 Å². The summed E-state index contributed by atoms with van der Waals surface area (Å²) in [5.74, 6) is 1.26. The summed E-state index contributed by atoms with van der Waals surface area (Å²) >= 11 is 0. The van der Waals surface area contributed by atoms with Crippen molar-refractivity contribution < 1.29 is 13.7 Å². The quantitative estimate of drug-likeness (QED) is 0.247. The highest BCUT2D eigenvalue weighted by atomic mass is 32.2. The van der Waals surface area contributed by atoms with Gasteiger partial charge in [0.2, 0.25) is 0 Å². The second kappa shape index (κ2) is 16.7. The summed E-state index contributed by atoms with van der Waals surface area (Å²) in [5, 5.41) is 0. The van der Waals surface area contributed by atoms with Crippen LogP contribution in [0.5, 0.6) is 0 Å². The minimum Gasteiger partial charge on any atom is -0.469 e. The first-order valence-electron chi connectivity index (χ1n) is 8.77. The van der Waals surface area contributed by atoms with E-state index < -0.39 is 10.8 Å². The van der Waals surface area contributed by atoms with E-state index >= 15 is 0 Å². The molecular weight excluding hydrogens is 296 g/mol. The van der Waals surface area contributed by atoms with Gasteiger partial charge in [0.25, 0.3) is 0 Å². The summed E-state index contributed by atoms with van der Waals surface area (Å²) in [6, 6.07) is 0. The maximum absolute atomic E-state index is 11.8. The van der Waals surface area contributed by atoms with Crippen LogP contribution in [0, 0.1) is 0 Å². The number of carbonyl (C=O) groups excluding carboxylic acids is 1. The lowest BCUT2D eigenvalue weighted by molar-refractivity contribution is -0.140. The van der Waals surface area contributed by atoms with E-state index in [9.17, 15) is 9.00 Å². The molecule has 1 atom stereocenters. The summed E-state index contributed by atoms with van der Waals surface area (Å²) in [4.78, 5) is 10.9. The van der Waals surface area contributed by atoms with E-state index in [0.29, 0.717) is 12.2 Å². The number of esters is 1. The summed E-state index contributed by atoms with van der Waals surface area (Å²) in [5.41, 5.74) is 0. The molecule has 0 aromatic carbocycles. The number of methoxy groups -OCH3 is 1. The average Bonchev–Trinajstić information content (AvgIpc) is 2.53. The van der Waals surface area contributed by atoms with Gasteiger partial charge in [-0.25, -0.2) is 0 Å². The third-order valence-electron chi connectivity index (χ3n) is 3.63. The molecule has 4 heteroatoms. The average molecular weight is 331 g/mol. The lowest BCUT2D eigenvalue weighted by Gasteiger charge is -2.01. The van der Waals surface area contributed by atoms with Gasteiger partial charge in [-0.2, -0.15) is 0 Å². The molecule has 0 fully saturated rings. The highest BCUT2D eigenvalue weighted by molar-refractivity contribution is 7.84. The summed E-state index contributed by atoms with van der Waals surface area (Å²) in [7, 11) is 0.648. The highest BCUT2D eigenvalue weighted by Crippen LogP contribution is 2.07. The van der Waals surface area contributed by atoms with E-state index in [0.717, 1.165) is 31.4 Å². The largest absolute Gasteiger partial charge is 0.469 e. The van der Waals surface area contributed by atoms with Crippen molar-refractivity contribution >= 4 is 16.8 Å². The second-order valence-corrected chi connectivity index (χ2v) is 7.39. The highest BCUT2D eigenvalue weighted by Gasteiger charge is 2.02. The van der Waals surface area contributed by atoms with Crippen LogP contribution in [0.2, 0.25) is 0 Å². The van der Waals surface area contributed by atoms with E-state index in [4.69, 9.17) is 0 Å². The molecule has 22 heavy (non-hydrogen) atoms. The first-order valence-corrected chi connectivity index (χ1v) is 10.3. The Morgan fingerprint density at radius 1 is 0.909 bits per heavy atom. The fourth-order valence-electron chi connectivity index (χ4n) is 2.21. The topological polar surface area (TPSA) is 43.4 Å². The van der Waals surface area contributed by atoms with Crippen LogP contribution in [0.1, 0.15) is 77.6 Å². The molecule has 130 valence electrons. The monoisotopic (exact) mass is 330 g/mol. The standard InChI is InChI=1S/C18H34O3S/c1-3-4-5-6-7-8-9-10-11-13-16-22(20)17-14-12-15-18(19)21-2/h10-11H,3-9,12-17H2,1-2H3/b11-10-. The molecule has 3 nitrogen and oxygen atoms in total. The van der Waals surface area contributed by atoms with Gasteiger partial charge in [-0.1, -0.05) is 51.2 Å². The van der Waals surface area contributed by atoms with Crippen LogP contribution in [0.25, 0.3) is 0 Å². The van der Waals surface area contributed by atoms with Crippen LogP contribution < -0.4 is 0 Å². The molecule has 0 saturated carbocycles. The lowest BCUT2D eigenvalue weighted by Crippen LogP contribution is -2.04. The number of hydrogen-bond acceptors (Lipinski definition) is 3. The zero-order valence-electron chi connectivity index (χ0n) is 14.5. The summed E-state index contributed by atoms with van der Waals surface area (Å²) in [6.07, 6.45) is 16.5. The molecule has 0 aliphatic heterocycles. The molecule has 0 saturated heterocycles. The normalized spacial score (nSPS) is 12.6. The van der Waals surface area contributed by atoms with Crippen LogP contribution in [0.4, 0.5) is 0 Å². The van der Waals surface area contributed by atoms with Gasteiger partial charge in [-0.15, -0.1) is 0 Å². The van der Waals surface area contributed by atoms with Gasteiger partial charge >= 0.3 is 5.97 Å². The molecule has 0 aliphatic carbocycles. The molecule has 0 amide bonds. The second-order valence-electron chi connectivity index (χ2n) is 5.70. The zero-order valence-corrected chi connectivity index (χ0v) is 15.3. The fraction of sp³-hybridized carbons (Fsp3) is 0.833. The van der Waals surface area contributed by atoms with Crippen molar-refractivity contribution in [3.8, 4) is 0 Å². The van der Waals surface area contributed by atoms with Gasteiger partial charge in [0.15, 0.2) is 0 Å². The van der Waals surface area contributed by atoms with Crippen molar-refractivity contribution in [2.24, 2.45) is 0 Å². The Hall–Kier alpha value is -0.640. The van der Waals surface area contributed by atoms with Crippen LogP contribution in [-0.2, 0) is 20.3 Å². The first kappa shape index (κ1) is 21.4. The molecule has 0 radical (unpaired) electrons.